The van der Waals surface area contributed by atoms with E-state index in [9.17, 15) is 4.79 Å². The first kappa shape index (κ1) is 16.2. The molecule has 0 bridgehead atoms. The molecule has 1 N–H and O–H groups in total. The fourth-order valence-corrected chi connectivity index (χ4v) is 2.99. The Morgan fingerprint density at radius 2 is 1.87 bits per heavy atom. The van der Waals surface area contributed by atoms with Crippen molar-refractivity contribution in [2.45, 2.75) is 19.3 Å². The average Bonchev–Trinajstić information content (AvgIpc) is 2.56. The lowest BCUT2D eigenvalue weighted by atomic mass is 10.1. The zero-order valence-corrected chi connectivity index (χ0v) is 14.1. The number of piperidine rings is 1. The van der Waals surface area contributed by atoms with Gasteiger partial charge in [-0.1, -0.05) is 41.8 Å². The van der Waals surface area contributed by atoms with Gasteiger partial charge in [0.05, 0.1) is 10.7 Å². The van der Waals surface area contributed by atoms with Crippen LogP contribution in [-0.2, 0) is 0 Å². The summed E-state index contributed by atoms with van der Waals surface area (Å²) in [6, 6.07) is 10.8. The second-order valence-electron chi connectivity index (χ2n) is 5.53. The Kier molecular flexibility index (Phi) is 5.16. The summed E-state index contributed by atoms with van der Waals surface area (Å²) in [5, 5.41) is 2.89. The third-order valence-electron chi connectivity index (χ3n) is 3.80. The van der Waals surface area contributed by atoms with Crippen LogP contribution in [0.15, 0.2) is 36.4 Å². The second kappa shape index (κ2) is 7.30. The van der Waals surface area contributed by atoms with E-state index in [2.05, 4.69) is 10.4 Å². The van der Waals surface area contributed by atoms with E-state index in [-0.39, 0.29) is 11.6 Å². The molecule has 4 nitrogen and oxygen atoms in total. The summed E-state index contributed by atoms with van der Waals surface area (Å²) in [4.78, 5) is 16.9. The highest BCUT2D eigenvalue weighted by Crippen LogP contribution is 2.24. The standard InChI is InChI=1S/C17H17Cl2N3O/c18-13-6-4-5-12(11-13)15-8-7-14(19)16(20-15)17(23)21-22-9-2-1-3-10-22/h4-8,11H,1-3,9-10H2,(H,21,23). The molecule has 3 rings (SSSR count). The smallest absolute Gasteiger partial charge is 0.283 e. The van der Waals surface area contributed by atoms with Crippen LogP contribution < -0.4 is 5.43 Å². The lowest BCUT2D eigenvalue weighted by molar-refractivity contribution is 0.0745. The molecule has 1 aromatic heterocycles. The van der Waals surface area contributed by atoms with Crippen molar-refractivity contribution in [2.75, 3.05) is 13.1 Å². The average molecular weight is 350 g/mol. The maximum atomic E-state index is 12.5. The molecule has 1 amide bonds. The van der Waals surface area contributed by atoms with E-state index in [1.165, 1.54) is 6.42 Å². The van der Waals surface area contributed by atoms with E-state index < -0.39 is 0 Å². The molecule has 1 aliphatic heterocycles. The van der Waals surface area contributed by atoms with Crippen LogP contribution in [0.4, 0.5) is 0 Å². The maximum Gasteiger partial charge on any atom is 0.285 e. The number of hydrazine groups is 1. The Hall–Kier alpha value is -1.62. The van der Waals surface area contributed by atoms with Gasteiger partial charge in [-0.15, -0.1) is 0 Å². The first-order valence-electron chi connectivity index (χ1n) is 7.62. The molecule has 0 atom stereocenters. The number of nitrogens with zero attached hydrogens (tertiary/aromatic N) is 2. The third kappa shape index (κ3) is 4.02. The Balaban J connectivity index is 1.83. The van der Waals surface area contributed by atoms with Crippen LogP contribution in [0.1, 0.15) is 29.8 Å². The summed E-state index contributed by atoms with van der Waals surface area (Å²) in [6.07, 6.45) is 3.38. The van der Waals surface area contributed by atoms with Crippen LogP contribution in [0.3, 0.4) is 0 Å². The van der Waals surface area contributed by atoms with Crippen molar-refractivity contribution in [1.82, 2.24) is 15.4 Å². The zero-order valence-electron chi connectivity index (χ0n) is 12.6. The van der Waals surface area contributed by atoms with Crippen LogP contribution in [0.25, 0.3) is 11.3 Å². The normalized spacial score (nSPS) is 15.4. The molecule has 1 aromatic carbocycles. The van der Waals surface area contributed by atoms with Crippen LogP contribution in [0.5, 0.6) is 0 Å². The molecule has 0 aliphatic carbocycles. The molecule has 0 radical (unpaired) electrons. The number of rotatable bonds is 3. The molecule has 2 heterocycles. The quantitative estimate of drug-likeness (QED) is 0.903. The molecule has 120 valence electrons. The number of nitrogens with one attached hydrogen (secondary N) is 1. The molecule has 0 saturated carbocycles. The summed E-state index contributed by atoms with van der Waals surface area (Å²) >= 11 is 12.2. The number of aromatic nitrogens is 1. The summed E-state index contributed by atoms with van der Waals surface area (Å²) in [5.74, 6) is -0.277. The van der Waals surface area contributed by atoms with Gasteiger partial charge >= 0.3 is 0 Å². The van der Waals surface area contributed by atoms with E-state index in [0.29, 0.717) is 15.7 Å². The van der Waals surface area contributed by atoms with Gasteiger partial charge in [0.15, 0.2) is 0 Å². The zero-order chi connectivity index (χ0) is 16.2. The number of hydrogen-bond acceptors (Lipinski definition) is 3. The summed E-state index contributed by atoms with van der Waals surface area (Å²) in [7, 11) is 0. The first-order chi connectivity index (χ1) is 11.1. The van der Waals surface area contributed by atoms with Crippen LogP contribution in [-0.4, -0.2) is 29.0 Å². The monoisotopic (exact) mass is 349 g/mol. The molecule has 1 aliphatic rings. The number of halogens is 2. The highest BCUT2D eigenvalue weighted by Gasteiger charge is 2.18. The van der Waals surface area contributed by atoms with E-state index in [4.69, 9.17) is 23.2 Å². The highest BCUT2D eigenvalue weighted by molar-refractivity contribution is 6.33. The summed E-state index contributed by atoms with van der Waals surface area (Å²) < 4.78 is 0. The van der Waals surface area contributed by atoms with E-state index in [1.807, 2.05) is 23.2 Å². The van der Waals surface area contributed by atoms with Gasteiger partial charge in [0.25, 0.3) is 5.91 Å². The van der Waals surface area contributed by atoms with Crippen molar-refractivity contribution in [3.05, 3.63) is 52.1 Å². The number of carbonyl (C=O) groups excluding carboxylic acids is 1. The minimum absolute atomic E-state index is 0.231. The van der Waals surface area contributed by atoms with Gasteiger partial charge in [-0.25, -0.2) is 9.99 Å². The highest BCUT2D eigenvalue weighted by atomic mass is 35.5. The lowest BCUT2D eigenvalue weighted by Gasteiger charge is -2.26. The van der Waals surface area contributed by atoms with Gasteiger partial charge in [-0.2, -0.15) is 0 Å². The SMILES string of the molecule is O=C(NN1CCCCC1)c1nc(-c2cccc(Cl)c2)ccc1Cl. The number of amides is 1. The minimum Gasteiger partial charge on any atom is -0.283 e. The Morgan fingerprint density at radius 1 is 1.09 bits per heavy atom. The fraction of sp³-hybridized carbons (Fsp3) is 0.294. The molecular formula is C17H17Cl2N3O. The molecule has 6 heteroatoms. The number of carbonyl (C=O) groups is 1. The van der Waals surface area contributed by atoms with Crippen LogP contribution in [0.2, 0.25) is 10.0 Å². The van der Waals surface area contributed by atoms with Crippen molar-refractivity contribution in [3.63, 3.8) is 0 Å². The third-order valence-corrected chi connectivity index (χ3v) is 4.34. The van der Waals surface area contributed by atoms with Gasteiger partial charge in [-0.3, -0.25) is 10.2 Å². The Labute approximate surface area is 145 Å². The van der Waals surface area contributed by atoms with Crippen LogP contribution >= 0.6 is 23.2 Å². The number of benzene rings is 1. The first-order valence-corrected chi connectivity index (χ1v) is 8.37. The van der Waals surface area contributed by atoms with E-state index >= 15 is 0 Å². The topological polar surface area (TPSA) is 45.2 Å². The van der Waals surface area contributed by atoms with Crippen LogP contribution in [0, 0.1) is 0 Å². The molecule has 2 aromatic rings. The van der Waals surface area contributed by atoms with Crippen molar-refractivity contribution in [2.24, 2.45) is 0 Å². The summed E-state index contributed by atoms with van der Waals surface area (Å²) in [5.41, 5.74) is 4.63. The Bertz CT molecular complexity index is 715. The van der Waals surface area contributed by atoms with Gasteiger partial charge < -0.3 is 0 Å². The van der Waals surface area contributed by atoms with Gasteiger partial charge in [0.1, 0.15) is 5.69 Å². The number of pyridine rings is 1. The molecule has 23 heavy (non-hydrogen) atoms. The molecular weight excluding hydrogens is 333 g/mol. The number of hydrogen-bond donors (Lipinski definition) is 1. The minimum atomic E-state index is -0.277. The van der Waals surface area contributed by atoms with E-state index in [1.54, 1.807) is 18.2 Å². The second-order valence-corrected chi connectivity index (χ2v) is 6.37. The van der Waals surface area contributed by atoms with Gasteiger partial charge in [-0.05, 0) is 37.1 Å². The molecule has 1 fully saturated rings. The van der Waals surface area contributed by atoms with Gasteiger partial charge in [0.2, 0.25) is 0 Å². The molecule has 1 saturated heterocycles. The van der Waals surface area contributed by atoms with Gasteiger partial charge in [0, 0.05) is 23.7 Å². The van der Waals surface area contributed by atoms with Crippen molar-refractivity contribution >= 4 is 29.1 Å². The largest absolute Gasteiger partial charge is 0.285 e. The summed E-state index contributed by atoms with van der Waals surface area (Å²) in [6.45, 7) is 1.72. The lowest BCUT2D eigenvalue weighted by Crippen LogP contribution is -2.45. The molecule has 0 unspecified atom stereocenters. The molecule has 0 spiro atoms. The predicted molar refractivity (Wildman–Crippen MR) is 92.6 cm³/mol. The van der Waals surface area contributed by atoms with Crippen molar-refractivity contribution < 1.29 is 4.79 Å². The fourth-order valence-electron chi connectivity index (χ4n) is 2.61. The van der Waals surface area contributed by atoms with E-state index in [0.717, 1.165) is 31.5 Å². The predicted octanol–water partition coefficient (Wildman–Crippen LogP) is 4.19. The van der Waals surface area contributed by atoms with Crippen molar-refractivity contribution in [3.8, 4) is 11.3 Å². The van der Waals surface area contributed by atoms with Crippen molar-refractivity contribution in [1.29, 1.82) is 0 Å². The maximum absolute atomic E-state index is 12.5. The Morgan fingerprint density at radius 3 is 2.61 bits per heavy atom.